The Morgan fingerprint density at radius 3 is 2.85 bits per heavy atom. The summed E-state index contributed by atoms with van der Waals surface area (Å²) in [5.74, 6) is -0.334. The topological polar surface area (TPSA) is 83.8 Å². The maximum Gasteiger partial charge on any atom is 0.311 e. The average Bonchev–Trinajstić information content (AvgIpc) is 2.97. The van der Waals surface area contributed by atoms with E-state index < -0.39 is 0 Å². The van der Waals surface area contributed by atoms with Crippen LogP contribution in [0.15, 0.2) is 22.6 Å². The van der Waals surface area contributed by atoms with Crippen LogP contribution in [0.3, 0.4) is 0 Å². The summed E-state index contributed by atoms with van der Waals surface area (Å²) in [6, 6.07) is 3.60. The Kier molecular flexibility index (Phi) is 6.61. The molecule has 0 amide bonds. The molecule has 0 saturated heterocycles. The molecule has 0 aliphatic carbocycles. The molecule has 0 fully saturated rings. The SMILES string of the molecule is CCOC(=O)Cc1csc(NN=Cc2cc(C(C)(C)C)cc(Cl)c2O)n1. The lowest BCUT2D eigenvalue weighted by Crippen LogP contribution is -2.11. The molecular formula is C18H22ClN3O3S. The fourth-order valence-electron chi connectivity index (χ4n) is 2.11. The van der Waals surface area contributed by atoms with E-state index in [0.717, 1.165) is 5.56 Å². The molecule has 1 aromatic heterocycles. The molecule has 26 heavy (non-hydrogen) atoms. The van der Waals surface area contributed by atoms with Gasteiger partial charge in [0.2, 0.25) is 5.13 Å². The van der Waals surface area contributed by atoms with Gasteiger partial charge in [-0.15, -0.1) is 11.3 Å². The first-order valence-electron chi connectivity index (χ1n) is 8.12. The first-order valence-corrected chi connectivity index (χ1v) is 9.38. The van der Waals surface area contributed by atoms with Crippen LogP contribution in [0.5, 0.6) is 5.75 Å². The highest BCUT2D eigenvalue weighted by molar-refractivity contribution is 7.13. The molecule has 0 atom stereocenters. The van der Waals surface area contributed by atoms with Gasteiger partial charge >= 0.3 is 5.97 Å². The number of anilines is 1. The zero-order chi connectivity index (χ0) is 19.3. The maximum absolute atomic E-state index is 11.5. The van der Waals surface area contributed by atoms with Gasteiger partial charge in [-0.2, -0.15) is 5.10 Å². The molecule has 0 spiro atoms. The lowest BCUT2D eigenvalue weighted by molar-refractivity contribution is -0.142. The van der Waals surface area contributed by atoms with Crippen molar-refractivity contribution in [2.24, 2.45) is 5.10 Å². The minimum Gasteiger partial charge on any atom is -0.506 e. The highest BCUT2D eigenvalue weighted by Crippen LogP contribution is 2.33. The first kappa shape index (κ1) is 20.2. The Morgan fingerprint density at radius 1 is 1.46 bits per heavy atom. The molecule has 0 bridgehead atoms. The summed E-state index contributed by atoms with van der Waals surface area (Å²) < 4.78 is 4.89. The number of hydrogen-bond donors (Lipinski definition) is 2. The van der Waals surface area contributed by atoms with E-state index in [1.807, 2.05) is 6.07 Å². The van der Waals surface area contributed by atoms with Crippen molar-refractivity contribution in [1.82, 2.24) is 4.98 Å². The maximum atomic E-state index is 11.5. The molecule has 2 rings (SSSR count). The van der Waals surface area contributed by atoms with Gasteiger partial charge in [-0.1, -0.05) is 32.4 Å². The van der Waals surface area contributed by atoms with Gasteiger partial charge in [-0.25, -0.2) is 4.98 Å². The first-order chi connectivity index (χ1) is 12.2. The molecule has 2 aromatic rings. The summed E-state index contributed by atoms with van der Waals surface area (Å²) in [5, 5.41) is 16.8. The van der Waals surface area contributed by atoms with Crippen molar-refractivity contribution in [2.45, 2.75) is 39.5 Å². The lowest BCUT2D eigenvalue weighted by Gasteiger charge is -2.20. The van der Waals surface area contributed by atoms with Crippen LogP contribution in [0.25, 0.3) is 0 Å². The van der Waals surface area contributed by atoms with E-state index in [4.69, 9.17) is 16.3 Å². The summed E-state index contributed by atoms with van der Waals surface area (Å²) in [5.41, 5.74) is 4.81. The molecule has 8 heteroatoms. The van der Waals surface area contributed by atoms with Crippen LogP contribution >= 0.6 is 22.9 Å². The van der Waals surface area contributed by atoms with Gasteiger partial charge in [0.25, 0.3) is 0 Å². The summed E-state index contributed by atoms with van der Waals surface area (Å²) in [7, 11) is 0. The number of ether oxygens (including phenoxy) is 1. The fourth-order valence-corrected chi connectivity index (χ4v) is 2.99. The number of benzene rings is 1. The van der Waals surface area contributed by atoms with E-state index in [2.05, 4.69) is 36.3 Å². The van der Waals surface area contributed by atoms with Crippen molar-refractivity contribution >= 4 is 40.3 Å². The zero-order valence-corrected chi connectivity index (χ0v) is 16.7. The van der Waals surface area contributed by atoms with E-state index in [1.54, 1.807) is 18.4 Å². The number of aromatic nitrogens is 1. The third-order valence-corrected chi connectivity index (χ3v) is 4.59. The molecule has 1 aromatic carbocycles. The predicted octanol–water partition coefficient (Wildman–Crippen LogP) is 4.35. The van der Waals surface area contributed by atoms with Gasteiger partial charge in [0.1, 0.15) is 5.75 Å². The van der Waals surface area contributed by atoms with Crippen LogP contribution in [0.2, 0.25) is 5.02 Å². The number of aromatic hydroxyl groups is 1. The van der Waals surface area contributed by atoms with Crippen LogP contribution in [0, 0.1) is 0 Å². The number of nitrogens with one attached hydrogen (secondary N) is 1. The number of esters is 1. The smallest absolute Gasteiger partial charge is 0.311 e. The number of hydrazone groups is 1. The minimum absolute atomic E-state index is 0.0210. The molecule has 0 aliphatic heterocycles. The summed E-state index contributed by atoms with van der Waals surface area (Å²) in [6.07, 6.45) is 1.61. The largest absolute Gasteiger partial charge is 0.506 e. The van der Waals surface area contributed by atoms with Gasteiger partial charge in [-0.05, 0) is 30.0 Å². The second kappa shape index (κ2) is 8.51. The van der Waals surface area contributed by atoms with Crippen LogP contribution in [-0.2, 0) is 21.4 Å². The number of carbonyl (C=O) groups excluding carboxylic acids is 1. The zero-order valence-electron chi connectivity index (χ0n) is 15.2. The number of halogens is 1. The van der Waals surface area contributed by atoms with Crippen molar-refractivity contribution < 1.29 is 14.6 Å². The van der Waals surface area contributed by atoms with Gasteiger partial charge in [0.05, 0.1) is 30.0 Å². The molecule has 0 aliphatic rings. The summed E-state index contributed by atoms with van der Waals surface area (Å²) in [6.45, 7) is 8.30. The Bertz CT molecular complexity index is 812. The second-order valence-corrected chi connectivity index (χ2v) is 7.91. The molecule has 6 nitrogen and oxygen atoms in total. The number of phenols is 1. The Hall–Kier alpha value is -2.12. The third kappa shape index (κ3) is 5.44. The normalized spacial score (nSPS) is 11.7. The van der Waals surface area contributed by atoms with Crippen molar-refractivity contribution in [3.05, 3.63) is 39.4 Å². The van der Waals surface area contributed by atoms with E-state index in [9.17, 15) is 9.90 Å². The number of hydrogen-bond acceptors (Lipinski definition) is 7. The lowest BCUT2D eigenvalue weighted by atomic mass is 9.86. The monoisotopic (exact) mass is 395 g/mol. The van der Waals surface area contributed by atoms with Gasteiger partial charge in [0.15, 0.2) is 0 Å². The van der Waals surface area contributed by atoms with E-state index >= 15 is 0 Å². The van der Waals surface area contributed by atoms with Crippen molar-refractivity contribution in [3.63, 3.8) is 0 Å². The van der Waals surface area contributed by atoms with Gasteiger partial charge in [0, 0.05) is 10.9 Å². The van der Waals surface area contributed by atoms with Crippen LogP contribution < -0.4 is 5.43 Å². The predicted molar refractivity (Wildman–Crippen MR) is 105 cm³/mol. The van der Waals surface area contributed by atoms with Crippen LogP contribution in [0.4, 0.5) is 5.13 Å². The number of carbonyl (C=O) groups is 1. The Morgan fingerprint density at radius 2 is 2.19 bits per heavy atom. The van der Waals surface area contributed by atoms with Gasteiger partial charge < -0.3 is 9.84 Å². The highest BCUT2D eigenvalue weighted by atomic mass is 35.5. The molecule has 0 saturated carbocycles. The van der Waals surface area contributed by atoms with Crippen molar-refractivity contribution in [3.8, 4) is 5.75 Å². The fraction of sp³-hybridized carbons (Fsp3) is 0.389. The highest BCUT2D eigenvalue weighted by Gasteiger charge is 2.17. The molecule has 1 heterocycles. The molecule has 2 N–H and O–H groups in total. The number of phenolic OH excluding ortho intramolecular Hbond substituents is 1. The van der Waals surface area contributed by atoms with E-state index in [1.165, 1.54) is 17.6 Å². The average molecular weight is 396 g/mol. The Balaban J connectivity index is 2.08. The minimum atomic E-state index is -0.314. The van der Waals surface area contributed by atoms with Gasteiger partial charge in [-0.3, -0.25) is 10.2 Å². The molecule has 140 valence electrons. The third-order valence-electron chi connectivity index (χ3n) is 3.51. The van der Waals surface area contributed by atoms with E-state index in [-0.39, 0.29) is 28.6 Å². The van der Waals surface area contributed by atoms with Crippen molar-refractivity contribution in [2.75, 3.05) is 12.0 Å². The summed E-state index contributed by atoms with van der Waals surface area (Å²) >= 11 is 7.44. The van der Waals surface area contributed by atoms with Crippen molar-refractivity contribution in [1.29, 1.82) is 0 Å². The number of rotatable bonds is 6. The summed E-state index contributed by atoms with van der Waals surface area (Å²) in [4.78, 5) is 15.7. The Labute approximate surface area is 161 Å². The standard InChI is InChI=1S/C18H22ClN3O3S/c1-5-25-15(23)8-13-10-26-17(21-13)22-20-9-11-6-12(18(2,3)4)7-14(19)16(11)24/h6-7,9-10,24H,5,8H2,1-4H3,(H,21,22). The quantitative estimate of drug-likeness (QED) is 0.431. The molecule has 0 unspecified atom stereocenters. The van der Waals surface area contributed by atoms with Crippen LogP contribution in [-0.4, -0.2) is 28.9 Å². The second-order valence-electron chi connectivity index (χ2n) is 6.64. The van der Waals surface area contributed by atoms with E-state index in [0.29, 0.717) is 23.0 Å². The number of nitrogens with zero attached hydrogens (tertiary/aromatic N) is 2. The molecule has 0 radical (unpaired) electrons. The van der Waals surface area contributed by atoms with Crippen LogP contribution in [0.1, 0.15) is 44.5 Å². The number of thiazole rings is 1. The molecular weight excluding hydrogens is 374 g/mol.